The molecule has 6 nitrogen and oxygen atoms in total. The van der Waals surface area contributed by atoms with E-state index in [1.165, 1.54) is 24.3 Å². The molecule has 0 heterocycles. The van der Waals surface area contributed by atoms with Gasteiger partial charge >= 0.3 is 127 Å². The monoisotopic (exact) mass is 469 g/mol. The van der Waals surface area contributed by atoms with E-state index in [1.54, 1.807) is 6.92 Å². The van der Waals surface area contributed by atoms with Crippen LogP contribution < -0.4 is 10.0 Å². The van der Waals surface area contributed by atoms with Crippen molar-refractivity contribution in [2.45, 2.75) is 13.0 Å². The first kappa shape index (κ1) is 19.5. The Balaban J connectivity index is 1.87. The van der Waals surface area contributed by atoms with Crippen molar-refractivity contribution in [3.63, 3.8) is 0 Å². The summed E-state index contributed by atoms with van der Waals surface area (Å²) in [5, 5.41) is 11.7. The van der Waals surface area contributed by atoms with E-state index in [4.69, 9.17) is 16.5 Å². The van der Waals surface area contributed by atoms with Gasteiger partial charge in [-0.05, 0) is 0 Å². The van der Waals surface area contributed by atoms with Crippen LogP contribution in [0.25, 0.3) is 0 Å². The third-order valence-electron chi connectivity index (χ3n) is 3.19. The predicted molar refractivity (Wildman–Crippen MR) is 106 cm³/mol. The van der Waals surface area contributed by atoms with Gasteiger partial charge in [0.15, 0.2) is 0 Å². The molecule has 0 amide bonds. The Morgan fingerprint density at radius 2 is 1.84 bits per heavy atom. The molecular formula is C16H14BINO5P. The molecule has 9 heteroatoms. The van der Waals surface area contributed by atoms with E-state index in [1.807, 2.05) is 24.3 Å². The molecule has 0 N–H and O–H groups in total. The van der Waals surface area contributed by atoms with Crippen LogP contribution in [0.4, 0.5) is 5.69 Å². The molecule has 0 aliphatic heterocycles. The summed E-state index contributed by atoms with van der Waals surface area (Å²) in [7, 11) is 5.84. The van der Waals surface area contributed by atoms with Crippen LogP contribution in [0.15, 0.2) is 48.5 Å². The van der Waals surface area contributed by atoms with Gasteiger partial charge in [0.2, 0.25) is 0 Å². The van der Waals surface area contributed by atoms with E-state index in [9.17, 15) is 14.9 Å². The van der Waals surface area contributed by atoms with Crippen molar-refractivity contribution in [2.75, 3.05) is 6.61 Å². The van der Waals surface area contributed by atoms with Gasteiger partial charge in [0.1, 0.15) is 0 Å². The van der Waals surface area contributed by atoms with Crippen molar-refractivity contribution in [3.05, 3.63) is 64.2 Å². The van der Waals surface area contributed by atoms with Crippen molar-refractivity contribution in [3.8, 4) is 5.75 Å². The van der Waals surface area contributed by atoms with Crippen LogP contribution in [-0.2, 0) is 4.74 Å². The number of benzene rings is 2. The zero-order valence-electron chi connectivity index (χ0n) is 13.3. The van der Waals surface area contributed by atoms with Gasteiger partial charge in [0.05, 0.1) is 4.92 Å². The van der Waals surface area contributed by atoms with E-state index in [0.717, 1.165) is 5.30 Å². The molecule has 2 unspecified atom stereocenters. The second-order valence-electron chi connectivity index (χ2n) is 5.14. The number of nitrogens with zero attached hydrogens (tertiary/aromatic N) is 1. The molecule has 0 spiro atoms. The average molecular weight is 469 g/mol. The quantitative estimate of drug-likeness (QED) is 0.161. The summed E-state index contributed by atoms with van der Waals surface area (Å²) in [6.07, 6.45) is -0.474. The van der Waals surface area contributed by atoms with Crippen LogP contribution in [0.3, 0.4) is 0 Å². The topological polar surface area (TPSA) is 78.7 Å². The molecule has 2 atom stereocenters. The van der Waals surface area contributed by atoms with Gasteiger partial charge in [0, 0.05) is 12.1 Å². The first-order valence-electron chi connectivity index (χ1n) is 7.25. The number of esters is 1. The minimum absolute atomic E-state index is 0.0796. The summed E-state index contributed by atoms with van der Waals surface area (Å²) in [4.78, 5) is 21.4. The fourth-order valence-electron chi connectivity index (χ4n) is 1.90. The van der Waals surface area contributed by atoms with Gasteiger partial charge in [-0.25, -0.2) is 0 Å². The Labute approximate surface area is 159 Å². The van der Waals surface area contributed by atoms with E-state index in [-0.39, 0.29) is 17.9 Å². The Morgan fingerprint density at radius 3 is 2.36 bits per heavy atom. The Bertz CT molecular complexity index is 832. The standard InChI is InChI=1S/C16H14BINO5P/c1-11(10-23-14-6-8-15(9-7-14)25(17)18)24-16(20)12-2-4-13(5-3-12)19(21)22/h2-9,11H,10H2,1H3. The molecule has 2 aromatic carbocycles. The van der Waals surface area contributed by atoms with Gasteiger partial charge < -0.3 is 0 Å². The van der Waals surface area contributed by atoms with E-state index < -0.39 is 21.9 Å². The van der Waals surface area contributed by atoms with Gasteiger partial charge in [-0.3, -0.25) is 10.1 Å². The van der Waals surface area contributed by atoms with Gasteiger partial charge in [-0.15, -0.1) is 0 Å². The summed E-state index contributed by atoms with van der Waals surface area (Å²) in [5.41, 5.74) is 0.171. The fourth-order valence-corrected chi connectivity index (χ4v) is 3.30. The maximum absolute atomic E-state index is 12.0. The average Bonchev–Trinajstić information content (AvgIpc) is 2.60. The number of nitro groups is 1. The molecule has 0 aromatic heterocycles. The van der Waals surface area contributed by atoms with Crippen molar-refractivity contribution in [1.29, 1.82) is 0 Å². The number of non-ortho nitro benzene ring substituents is 1. The molecule has 0 saturated heterocycles. The van der Waals surface area contributed by atoms with Crippen molar-refractivity contribution in [2.24, 2.45) is 0 Å². The SMILES string of the molecule is B#P(I)c1ccc(OCC(C)OC(=O)c2ccc([N+](=O)[O-])cc2)cc1. The second kappa shape index (κ2) is 9.06. The first-order valence-corrected chi connectivity index (χ1v) is 11.5. The molecule has 128 valence electrons. The van der Waals surface area contributed by atoms with Crippen molar-refractivity contribution >= 4 is 50.9 Å². The molecule has 25 heavy (non-hydrogen) atoms. The Kier molecular flexibility index (Phi) is 7.07. The molecular weight excluding hydrogens is 455 g/mol. The number of hydrogen-bond acceptors (Lipinski definition) is 5. The van der Waals surface area contributed by atoms with Crippen LogP contribution in [0.5, 0.6) is 5.75 Å². The third-order valence-corrected chi connectivity index (χ3v) is 5.65. The van der Waals surface area contributed by atoms with Gasteiger partial charge in [-0.1, -0.05) is 0 Å². The molecule has 0 aliphatic carbocycles. The summed E-state index contributed by atoms with van der Waals surface area (Å²) in [6, 6.07) is 12.7. The van der Waals surface area contributed by atoms with Gasteiger partial charge in [0.25, 0.3) is 5.69 Å². The number of carbonyl (C=O) groups excluding carboxylic acids is 1. The number of carbonyl (C=O) groups is 1. The summed E-state index contributed by atoms with van der Waals surface area (Å²) >= 11 is 2.18. The normalized spacial score (nSPS) is 12.2. The zero-order valence-corrected chi connectivity index (χ0v) is 16.3. The van der Waals surface area contributed by atoms with Crippen LogP contribution in [0, 0.1) is 10.1 Å². The molecule has 2 rings (SSSR count). The molecule has 2 aromatic rings. The number of hydrogen-bond donors (Lipinski definition) is 0. The molecule has 0 fully saturated rings. The number of rotatable bonds is 6. The summed E-state index contributed by atoms with van der Waals surface area (Å²) < 4.78 is 10.9. The minimum atomic E-state index is -0.671. The molecule has 0 bridgehead atoms. The van der Waals surface area contributed by atoms with E-state index in [0.29, 0.717) is 5.75 Å². The van der Waals surface area contributed by atoms with Crippen molar-refractivity contribution < 1.29 is 19.2 Å². The number of nitro benzene ring substituents is 1. The molecule has 0 saturated carbocycles. The van der Waals surface area contributed by atoms with Crippen LogP contribution in [-0.4, -0.2) is 30.6 Å². The van der Waals surface area contributed by atoms with E-state index in [2.05, 4.69) is 22.0 Å². The maximum atomic E-state index is 12.0. The zero-order chi connectivity index (χ0) is 18.4. The van der Waals surface area contributed by atoms with Crippen LogP contribution in [0.2, 0.25) is 0 Å². The Hall–Kier alpha value is -1.80. The fraction of sp³-hybridized carbons (Fsp3) is 0.188. The Morgan fingerprint density at radius 1 is 1.24 bits per heavy atom. The van der Waals surface area contributed by atoms with Crippen LogP contribution in [0.1, 0.15) is 17.3 Å². The molecule has 0 radical (unpaired) electrons. The second-order valence-corrected chi connectivity index (χ2v) is 9.39. The molecule has 0 aliphatic rings. The van der Waals surface area contributed by atoms with Crippen molar-refractivity contribution in [1.82, 2.24) is 0 Å². The predicted octanol–water partition coefficient (Wildman–Crippen LogP) is 3.76. The summed E-state index contributed by atoms with van der Waals surface area (Å²) in [6.45, 7) is 1.90. The number of halogens is 1. The van der Waals surface area contributed by atoms with Crippen LogP contribution >= 0.6 is 26.9 Å². The van der Waals surface area contributed by atoms with Gasteiger partial charge in [-0.2, -0.15) is 0 Å². The first-order chi connectivity index (χ1) is 11.9. The third kappa shape index (κ3) is 5.90. The van der Waals surface area contributed by atoms with E-state index >= 15 is 0 Å². The number of ether oxygens (including phenoxy) is 2. The summed E-state index contributed by atoms with van der Waals surface area (Å²) in [5.74, 6) is 0.107.